The van der Waals surface area contributed by atoms with Crippen molar-refractivity contribution in [2.24, 2.45) is 0 Å². The van der Waals surface area contributed by atoms with Crippen molar-refractivity contribution in [1.82, 2.24) is 4.72 Å². The molecule has 0 aromatic heterocycles. The van der Waals surface area contributed by atoms with Crippen LogP contribution in [0, 0.1) is 6.92 Å². The third-order valence-corrected chi connectivity index (χ3v) is 6.71. The Morgan fingerprint density at radius 3 is 2.21 bits per heavy atom. The van der Waals surface area contributed by atoms with E-state index in [1.54, 1.807) is 12.1 Å². The van der Waals surface area contributed by atoms with Crippen molar-refractivity contribution in [2.75, 3.05) is 6.61 Å². The highest BCUT2D eigenvalue weighted by atomic mass is 32.2. The maximum atomic E-state index is 13.2. The van der Waals surface area contributed by atoms with E-state index < -0.39 is 15.9 Å². The molecule has 5 nitrogen and oxygen atoms in total. The first-order valence-corrected chi connectivity index (χ1v) is 12.2. The van der Waals surface area contributed by atoms with Crippen LogP contribution < -0.4 is 4.72 Å². The molecular weight excluding hydrogens is 434 g/mol. The van der Waals surface area contributed by atoms with E-state index in [1.165, 1.54) is 12.1 Å². The molecule has 6 heteroatoms. The fourth-order valence-electron chi connectivity index (χ4n) is 3.65. The number of carbonyl (C=O) groups is 1. The van der Waals surface area contributed by atoms with Gasteiger partial charge in [0.2, 0.25) is 0 Å². The largest absolute Gasteiger partial charge is 0.492 e. The molecule has 1 aliphatic rings. The van der Waals surface area contributed by atoms with Gasteiger partial charge in [0, 0.05) is 5.57 Å². The molecule has 168 valence electrons. The van der Waals surface area contributed by atoms with E-state index in [0.29, 0.717) is 30.8 Å². The van der Waals surface area contributed by atoms with E-state index in [2.05, 4.69) is 4.72 Å². The summed E-state index contributed by atoms with van der Waals surface area (Å²) in [6.07, 6.45) is 3.01. The van der Waals surface area contributed by atoms with E-state index in [0.717, 1.165) is 22.3 Å². The van der Waals surface area contributed by atoms with E-state index >= 15 is 0 Å². The van der Waals surface area contributed by atoms with E-state index in [1.807, 2.05) is 73.7 Å². The highest BCUT2D eigenvalue weighted by Crippen LogP contribution is 2.33. The number of allylic oxidation sites excluding steroid dienone is 1. The second kappa shape index (κ2) is 9.88. The molecule has 0 atom stereocenters. The first-order valence-electron chi connectivity index (χ1n) is 10.8. The van der Waals surface area contributed by atoms with Crippen LogP contribution in [0.1, 0.15) is 29.5 Å². The molecule has 1 heterocycles. The number of ether oxygens (including phenoxy) is 1. The Kier molecular flexibility index (Phi) is 6.75. The van der Waals surface area contributed by atoms with Crippen LogP contribution in [0.5, 0.6) is 0 Å². The van der Waals surface area contributed by atoms with Gasteiger partial charge in [-0.05, 0) is 49.1 Å². The summed E-state index contributed by atoms with van der Waals surface area (Å²) in [6.45, 7) is 2.32. The van der Waals surface area contributed by atoms with Crippen molar-refractivity contribution in [3.8, 4) is 0 Å². The average Bonchev–Trinajstić information content (AvgIpc) is 2.84. The molecular formula is C27H25NO4S. The molecule has 0 saturated heterocycles. The van der Waals surface area contributed by atoms with Gasteiger partial charge in [0.05, 0.1) is 17.1 Å². The van der Waals surface area contributed by atoms with Gasteiger partial charge in [-0.3, -0.25) is 4.79 Å². The molecule has 4 rings (SSSR count). The molecule has 0 saturated carbocycles. The van der Waals surface area contributed by atoms with E-state index in [-0.39, 0.29) is 4.90 Å². The monoisotopic (exact) mass is 459 g/mol. The van der Waals surface area contributed by atoms with E-state index in [4.69, 9.17) is 4.74 Å². The van der Waals surface area contributed by atoms with Crippen LogP contribution in [0.3, 0.4) is 0 Å². The summed E-state index contributed by atoms with van der Waals surface area (Å²) in [6, 6.07) is 25.7. The minimum absolute atomic E-state index is 0.0449. The fraction of sp³-hybridized carbons (Fsp3) is 0.148. The van der Waals surface area contributed by atoms with Crippen molar-refractivity contribution >= 4 is 27.6 Å². The molecule has 1 N–H and O–H groups in total. The van der Waals surface area contributed by atoms with Crippen LogP contribution in [-0.4, -0.2) is 20.9 Å². The third-order valence-electron chi connectivity index (χ3n) is 5.36. The fourth-order valence-corrected chi connectivity index (χ4v) is 4.63. The lowest BCUT2D eigenvalue weighted by atomic mass is 9.95. The Hall–Kier alpha value is -3.64. The van der Waals surface area contributed by atoms with Gasteiger partial charge >= 0.3 is 0 Å². The van der Waals surface area contributed by atoms with Gasteiger partial charge in [-0.2, -0.15) is 0 Å². The highest BCUT2D eigenvalue weighted by molar-refractivity contribution is 7.90. The van der Waals surface area contributed by atoms with Crippen LogP contribution in [-0.2, 0) is 19.6 Å². The van der Waals surface area contributed by atoms with Gasteiger partial charge in [0.15, 0.2) is 0 Å². The molecule has 1 aliphatic heterocycles. The Balaban J connectivity index is 1.76. The van der Waals surface area contributed by atoms with Crippen LogP contribution in [0.15, 0.2) is 101 Å². The Morgan fingerprint density at radius 1 is 0.909 bits per heavy atom. The third kappa shape index (κ3) is 5.41. The molecule has 0 fully saturated rings. The number of hydrogen-bond donors (Lipinski definition) is 1. The minimum Gasteiger partial charge on any atom is -0.492 e. The zero-order valence-electron chi connectivity index (χ0n) is 18.3. The molecule has 0 bridgehead atoms. The second-order valence-electron chi connectivity index (χ2n) is 7.84. The summed E-state index contributed by atoms with van der Waals surface area (Å²) < 4.78 is 33.9. The van der Waals surface area contributed by atoms with Gasteiger partial charge < -0.3 is 4.74 Å². The number of aryl methyl sites for hydroxylation is 1. The number of amides is 1. The molecule has 33 heavy (non-hydrogen) atoms. The molecule has 1 amide bonds. The van der Waals surface area contributed by atoms with Crippen molar-refractivity contribution in [3.05, 3.63) is 113 Å². The minimum atomic E-state index is -4.01. The van der Waals surface area contributed by atoms with Crippen LogP contribution in [0.25, 0.3) is 11.6 Å². The summed E-state index contributed by atoms with van der Waals surface area (Å²) in [5.74, 6) is -0.256. The zero-order chi connectivity index (χ0) is 23.3. The summed E-state index contributed by atoms with van der Waals surface area (Å²) >= 11 is 0. The first-order chi connectivity index (χ1) is 15.9. The summed E-state index contributed by atoms with van der Waals surface area (Å²) in [5.41, 5.74) is 3.82. The quantitative estimate of drug-likeness (QED) is 0.520. The zero-order valence-corrected chi connectivity index (χ0v) is 19.1. The predicted octanol–water partition coefficient (Wildman–Crippen LogP) is 5.11. The van der Waals surface area contributed by atoms with Crippen molar-refractivity contribution in [1.29, 1.82) is 0 Å². The van der Waals surface area contributed by atoms with Crippen LogP contribution >= 0.6 is 0 Å². The Labute approximate surface area is 194 Å². The van der Waals surface area contributed by atoms with E-state index in [9.17, 15) is 13.2 Å². The topological polar surface area (TPSA) is 72.5 Å². The Bertz CT molecular complexity index is 1290. The number of hydrogen-bond acceptors (Lipinski definition) is 4. The van der Waals surface area contributed by atoms with Crippen LogP contribution in [0.2, 0.25) is 0 Å². The molecule has 3 aromatic carbocycles. The standard InChI is InChI=1S/C27H25NO4S/c1-20-14-16-23(17-15-20)33(30,31)28-27(29)24-13-8-18-32-26(24)25(22-11-6-3-7-12-22)19-21-9-4-2-5-10-21/h2-7,9-12,14-17,19H,8,13,18H2,1H3,(H,28,29). The highest BCUT2D eigenvalue weighted by Gasteiger charge is 2.27. The summed E-state index contributed by atoms with van der Waals surface area (Å²) in [4.78, 5) is 13.2. The predicted molar refractivity (Wildman–Crippen MR) is 129 cm³/mol. The molecule has 0 aliphatic carbocycles. The number of carbonyl (C=O) groups excluding carboxylic acids is 1. The molecule has 0 spiro atoms. The number of rotatable bonds is 6. The molecule has 0 radical (unpaired) electrons. The van der Waals surface area contributed by atoms with Crippen molar-refractivity contribution in [2.45, 2.75) is 24.7 Å². The van der Waals surface area contributed by atoms with Crippen molar-refractivity contribution < 1.29 is 17.9 Å². The van der Waals surface area contributed by atoms with Gasteiger partial charge in [0.25, 0.3) is 15.9 Å². The van der Waals surface area contributed by atoms with Gasteiger partial charge in [-0.15, -0.1) is 0 Å². The van der Waals surface area contributed by atoms with Crippen molar-refractivity contribution in [3.63, 3.8) is 0 Å². The number of benzene rings is 3. The normalized spacial score (nSPS) is 14.5. The van der Waals surface area contributed by atoms with Gasteiger partial charge in [-0.25, -0.2) is 13.1 Å². The van der Waals surface area contributed by atoms with Crippen LogP contribution in [0.4, 0.5) is 0 Å². The molecule has 3 aromatic rings. The number of sulfonamides is 1. The Morgan fingerprint density at radius 2 is 1.55 bits per heavy atom. The lowest BCUT2D eigenvalue weighted by Gasteiger charge is -2.23. The maximum Gasteiger partial charge on any atom is 0.264 e. The smallest absolute Gasteiger partial charge is 0.264 e. The average molecular weight is 460 g/mol. The maximum absolute atomic E-state index is 13.2. The number of nitrogens with one attached hydrogen (secondary N) is 1. The van der Waals surface area contributed by atoms with Gasteiger partial charge in [-0.1, -0.05) is 78.4 Å². The molecule has 0 unspecified atom stereocenters. The summed E-state index contributed by atoms with van der Waals surface area (Å²) in [7, 11) is -4.01. The lowest BCUT2D eigenvalue weighted by molar-refractivity contribution is -0.116. The summed E-state index contributed by atoms with van der Waals surface area (Å²) in [5, 5.41) is 0. The van der Waals surface area contributed by atoms with Gasteiger partial charge in [0.1, 0.15) is 5.76 Å². The first kappa shape index (κ1) is 22.6. The second-order valence-corrected chi connectivity index (χ2v) is 9.52. The lowest BCUT2D eigenvalue weighted by Crippen LogP contribution is -2.33. The SMILES string of the molecule is Cc1ccc(S(=O)(=O)NC(=O)C2=C(C(=Cc3ccccc3)c3ccccc3)OCCC2)cc1.